The molecule has 0 bridgehead atoms. The first-order chi connectivity index (χ1) is 8.44. The monoisotopic (exact) mass is 270 g/mol. The predicted molar refractivity (Wildman–Crippen MR) is 71.9 cm³/mol. The summed E-state index contributed by atoms with van der Waals surface area (Å²) >= 11 is 0. The molecule has 0 aliphatic rings. The lowest BCUT2D eigenvalue weighted by molar-refractivity contribution is 0.317. The average molecular weight is 270 g/mol. The highest BCUT2D eigenvalue weighted by Gasteiger charge is 2.06. The van der Waals surface area contributed by atoms with Gasteiger partial charge in [0.25, 0.3) is 0 Å². The quantitative estimate of drug-likeness (QED) is 0.442. The van der Waals surface area contributed by atoms with Crippen LogP contribution in [0.25, 0.3) is 0 Å². The molecule has 0 saturated heterocycles. The fraction of sp³-hybridized carbons (Fsp3) is 0.417. The van der Waals surface area contributed by atoms with Gasteiger partial charge in [-0.1, -0.05) is 19.1 Å². The van der Waals surface area contributed by atoms with Crippen LogP contribution < -0.4 is 10.5 Å². The summed E-state index contributed by atoms with van der Waals surface area (Å²) < 4.78 is 27.9. The zero-order chi connectivity index (χ0) is 13.6. The van der Waals surface area contributed by atoms with Crippen molar-refractivity contribution >= 4 is 15.7 Å². The highest BCUT2D eigenvalue weighted by Crippen LogP contribution is 2.13. The van der Waals surface area contributed by atoms with Gasteiger partial charge in [-0.05, 0) is 18.6 Å². The summed E-state index contributed by atoms with van der Waals surface area (Å²) in [5, 5.41) is 7.30. The molecular weight excluding hydrogens is 252 g/mol. The molecule has 0 fully saturated rings. The van der Waals surface area contributed by atoms with E-state index < -0.39 is 9.84 Å². The molecule has 0 atom stereocenters. The van der Waals surface area contributed by atoms with Crippen molar-refractivity contribution in [1.29, 1.82) is 5.41 Å². The molecule has 0 saturated carbocycles. The van der Waals surface area contributed by atoms with Crippen molar-refractivity contribution in [3.8, 4) is 5.75 Å². The maximum Gasteiger partial charge on any atom is 0.150 e. The van der Waals surface area contributed by atoms with Crippen LogP contribution in [0.15, 0.2) is 24.3 Å². The van der Waals surface area contributed by atoms with Crippen LogP contribution in [-0.2, 0) is 9.84 Å². The summed E-state index contributed by atoms with van der Waals surface area (Å²) in [6.45, 7) is 1.97. The molecule has 0 amide bonds. The SMILES string of the molecule is CCS(=O)(=O)CCCOc1cccc(C(=N)N)c1. The van der Waals surface area contributed by atoms with Crippen LogP contribution in [0.1, 0.15) is 18.9 Å². The van der Waals surface area contributed by atoms with Gasteiger partial charge in [-0.15, -0.1) is 0 Å². The molecule has 100 valence electrons. The van der Waals surface area contributed by atoms with Gasteiger partial charge in [-0.25, -0.2) is 8.42 Å². The number of amidine groups is 1. The second kappa shape index (κ2) is 6.39. The van der Waals surface area contributed by atoms with Crippen LogP contribution in [0, 0.1) is 5.41 Å². The Labute approximate surface area is 107 Å². The third-order valence-corrected chi connectivity index (χ3v) is 4.24. The molecule has 1 rings (SSSR count). The maximum absolute atomic E-state index is 11.3. The van der Waals surface area contributed by atoms with Crippen molar-refractivity contribution in [2.45, 2.75) is 13.3 Å². The molecule has 0 aliphatic carbocycles. The fourth-order valence-electron chi connectivity index (χ4n) is 1.37. The van der Waals surface area contributed by atoms with Crippen molar-refractivity contribution in [2.75, 3.05) is 18.1 Å². The Morgan fingerprint density at radius 3 is 2.78 bits per heavy atom. The van der Waals surface area contributed by atoms with Crippen LogP contribution >= 0.6 is 0 Å². The Kier molecular flexibility index (Phi) is 5.15. The van der Waals surface area contributed by atoms with E-state index in [9.17, 15) is 8.42 Å². The van der Waals surface area contributed by atoms with Crippen LogP contribution in [-0.4, -0.2) is 32.4 Å². The van der Waals surface area contributed by atoms with E-state index in [-0.39, 0.29) is 17.3 Å². The Bertz CT molecular complexity index is 512. The molecule has 0 spiro atoms. The molecule has 0 aliphatic heterocycles. The average Bonchev–Trinajstić information content (AvgIpc) is 2.35. The first kappa shape index (κ1) is 14.5. The highest BCUT2D eigenvalue weighted by atomic mass is 32.2. The molecule has 0 aromatic heterocycles. The smallest absolute Gasteiger partial charge is 0.150 e. The molecular formula is C12H18N2O3S. The first-order valence-electron chi connectivity index (χ1n) is 5.72. The standard InChI is InChI=1S/C12H18N2O3S/c1-2-18(15,16)8-4-7-17-11-6-3-5-10(9-11)12(13)14/h3,5-6,9H,2,4,7-8H2,1H3,(H3,13,14). The minimum absolute atomic E-state index is 0.0194. The van der Waals surface area contributed by atoms with E-state index >= 15 is 0 Å². The van der Waals surface area contributed by atoms with Crippen LogP contribution in [0.5, 0.6) is 5.75 Å². The van der Waals surface area contributed by atoms with E-state index in [4.69, 9.17) is 15.9 Å². The topological polar surface area (TPSA) is 93.2 Å². The van der Waals surface area contributed by atoms with Gasteiger partial charge in [-0.2, -0.15) is 0 Å². The number of nitrogens with one attached hydrogen (secondary N) is 1. The van der Waals surface area contributed by atoms with E-state index in [0.29, 0.717) is 24.3 Å². The molecule has 18 heavy (non-hydrogen) atoms. The summed E-state index contributed by atoms with van der Waals surface area (Å²) in [6.07, 6.45) is 0.459. The van der Waals surface area contributed by atoms with Gasteiger partial charge in [-0.3, -0.25) is 5.41 Å². The number of sulfone groups is 1. The van der Waals surface area contributed by atoms with Gasteiger partial charge in [0, 0.05) is 11.3 Å². The minimum Gasteiger partial charge on any atom is -0.494 e. The summed E-state index contributed by atoms with van der Waals surface area (Å²) in [5.41, 5.74) is 5.95. The largest absolute Gasteiger partial charge is 0.494 e. The number of rotatable bonds is 7. The maximum atomic E-state index is 11.3. The Morgan fingerprint density at radius 2 is 2.17 bits per heavy atom. The third kappa shape index (κ3) is 4.75. The minimum atomic E-state index is -2.93. The molecule has 0 unspecified atom stereocenters. The van der Waals surface area contributed by atoms with E-state index in [2.05, 4.69) is 0 Å². The lowest BCUT2D eigenvalue weighted by Crippen LogP contribution is -2.13. The van der Waals surface area contributed by atoms with Crippen molar-refractivity contribution in [3.63, 3.8) is 0 Å². The van der Waals surface area contributed by atoms with E-state index in [1.165, 1.54) is 0 Å². The number of hydrogen-bond acceptors (Lipinski definition) is 4. The molecule has 6 heteroatoms. The van der Waals surface area contributed by atoms with Gasteiger partial charge in [0.15, 0.2) is 0 Å². The second-order valence-corrected chi connectivity index (χ2v) is 6.35. The van der Waals surface area contributed by atoms with Crippen molar-refractivity contribution in [1.82, 2.24) is 0 Å². The van der Waals surface area contributed by atoms with E-state index in [1.54, 1.807) is 31.2 Å². The summed E-state index contributed by atoms with van der Waals surface area (Å²) in [6, 6.07) is 6.88. The predicted octanol–water partition coefficient (Wildman–Crippen LogP) is 1.17. The van der Waals surface area contributed by atoms with Gasteiger partial charge in [0.05, 0.1) is 12.4 Å². The van der Waals surface area contributed by atoms with Gasteiger partial charge < -0.3 is 10.5 Å². The lowest BCUT2D eigenvalue weighted by Gasteiger charge is -2.07. The van der Waals surface area contributed by atoms with Crippen LogP contribution in [0.2, 0.25) is 0 Å². The van der Waals surface area contributed by atoms with Crippen molar-refractivity contribution in [3.05, 3.63) is 29.8 Å². The van der Waals surface area contributed by atoms with E-state index in [0.717, 1.165) is 0 Å². The normalized spacial score (nSPS) is 11.2. The summed E-state index contributed by atoms with van der Waals surface area (Å²) in [5.74, 6) is 0.869. The molecule has 1 aromatic carbocycles. The summed E-state index contributed by atoms with van der Waals surface area (Å²) in [4.78, 5) is 0. The molecule has 1 aromatic rings. The van der Waals surface area contributed by atoms with Crippen LogP contribution in [0.3, 0.4) is 0 Å². The molecule has 3 N–H and O–H groups in total. The number of nitrogen functional groups attached to an aromatic ring is 1. The highest BCUT2D eigenvalue weighted by molar-refractivity contribution is 7.91. The molecule has 5 nitrogen and oxygen atoms in total. The number of benzene rings is 1. The van der Waals surface area contributed by atoms with Crippen molar-refractivity contribution < 1.29 is 13.2 Å². The zero-order valence-electron chi connectivity index (χ0n) is 10.3. The Hall–Kier alpha value is -1.56. The Balaban J connectivity index is 2.45. The molecule has 0 heterocycles. The number of nitrogens with two attached hydrogens (primary N) is 1. The fourth-order valence-corrected chi connectivity index (χ4v) is 2.21. The van der Waals surface area contributed by atoms with Crippen molar-refractivity contribution in [2.24, 2.45) is 5.73 Å². The summed E-state index contributed by atoms with van der Waals surface area (Å²) in [7, 11) is -2.93. The molecule has 0 radical (unpaired) electrons. The first-order valence-corrected chi connectivity index (χ1v) is 7.54. The lowest BCUT2D eigenvalue weighted by atomic mass is 10.2. The zero-order valence-corrected chi connectivity index (χ0v) is 11.2. The second-order valence-electron chi connectivity index (χ2n) is 3.88. The third-order valence-electron chi connectivity index (χ3n) is 2.45. The van der Waals surface area contributed by atoms with Gasteiger partial charge >= 0.3 is 0 Å². The van der Waals surface area contributed by atoms with E-state index in [1.807, 2.05) is 0 Å². The number of hydrogen-bond donors (Lipinski definition) is 2. The Morgan fingerprint density at radius 1 is 1.44 bits per heavy atom. The van der Waals surface area contributed by atoms with Gasteiger partial charge in [0.1, 0.15) is 21.4 Å². The van der Waals surface area contributed by atoms with Crippen LogP contribution in [0.4, 0.5) is 0 Å². The number of ether oxygens (including phenoxy) is 1. The van der Waals surface area contributed by atoms with Gasteiger partial charge in [0.2, 0.25) is 0 Å².